The summed E-state index contributed by atoms with van der Waals surface area (Å²) in [5, 5.41) is 5.22. The summed E-state index contributed by atoms with van der Waals surface area (Å²) in [4.78, 5) is 0. The highest BCUT2D eigenvalue weighted by molar-refractivity contribution is 14.1. The lowest BCUT2D eigenvalue weighted by Crippen LogP contribution is -1.84. The van der Waals surface area contributed by atoms with Crippen molar-refractivity contribution in [2.75, 3.05) is 0 Å². The molecule has 4 aromatic carbocycles. The first-order chi connectivity index (χ1) is 10.3. The predicted molar refractivity (Wildman–Crippen MR) is 99.6 cm³/mol. The van der Waals surface area contributed by atoms with Gasteiger partial charge in [0.15, 0.2) is 0 Å². The molecule has 0 fully saturated rings. The van der Waals surface area contributed by atoms with Crippen LogP contribution in [0.1, 0.15) is 0 Å². The van der Waals surface area contributed by atoms with Crippen LogP contribution in [-0.4, -0.2) is 0 Å². The molecule has 0 aromatic heterocycles. The van der Waals surface area contributed by atoms with Gasteiger partial charge in [-0.1, -0.05) is 66.7 Å². The lowest BCUT2D eigenvalue weighted by atomic mass is 9.96. The molecule has 0 spiro atoms. The molecule has 0 amide bonds. The number of fused-ring (bicyclic) bond motifs is 2. The van der Waals surface area contributed by atoms with Crippen molar-refractivity contribution >= 4 is 44.1 Å². The summed E-state index contributed by atoms with van der Waals surface area (Å²) in [7, 11) is 0. The van der Waals surface area contributed by atoms with Crippen molar-refractivity contribution in [3.8, 4) is 11.1 Å². The van der Waals surface area contributed by atoms with Gasteiger partial charge in [-0.2, -0.15) is 0 Å². The molecule has 0 nitrogen and oxygen atoms in total. The van der Waals surface area contributed by atoms with E-state index in [9.17, 15) is 0 Å². The second-order valence-corrected chi connectivity index (χ2v) is 6.36. The summed E-state index contributed by atoms with van der Waals surface area (Å²) in [5.74, 6) is 0. The molecular weight excluding hydrogens is 367 g/mol. The molecule has 0 aliphatic rings. The molecule has 0 saturated carbocycles. The van der Waals surface area contributed by atoms with E-state index in [0.29, 0.717) is 0 Å². The SMILES string of the molecule is Ic1ccc(-c2ccc3ccccc3c2)c2ccccc12. The molecule has 0 aliphatic carbocycles. The van der Waals surface area contributed by atoms with Crippen molar-refractivity contribution in [1.82, 2.24) is 0 Å². The van der Waals surface area contributed by atoms with Gasteiger partial charge in [0, 0.05) is 3.57 Å². The van der Waals surface area contributed by atoms with Gasteiger partial charge in [-0.05, 0) is 67.4 Å². The van der Waals surface area contributed by atoms with Gasteiger partial charge < -0.3 is 0 Å². The summed E-state index contributed by atoms with van der Waals surface area (Å²) in [6.07, 6.45) is 0. The highest BCUT2D eigenvalue weighted by atomic mass is 127. The fraction of sp³-hybridized carbons (Fsp3) is 0. The van der Waals surface area contributed by atoms with Crippen LogP contribution >= 0.6 is 22.6 Å². The van der Waals surface area contributed by atoms with Crippen LogP contribution in [0.2, 0.25) is 0 Å². The fourth-order valence-corrected chi connectivity index (χ4v) is 3.52. The van der Waals surface area contributed by atoms with Crippen molar-refractivity contribution in [3.63, 3.8) is 0 Å². The first kappa shape index (κ1) is 12.8. The molecule has 4 aromatic rings. The molecule has 0 saturated heterocycles. The van der Waals surface area contributed by atoms with Gasteiger partial charge in [0.1, 0.15) is 0 Å². The molecule has 21 heavy (non-hydrogen) atoms. The summed E-state index contributed by atoms with van der Waals surface area (Å²) in [5.41, 5.74) is 2.58. The van der Waals surface area contributed by atoms with Gasteiger partial charge in [0.05, 0.1) is 0 Å². The van der Waals surface area contributed by atoms with Crippen LogP contribution in [0.25, 0.3) is 32.7 Å². The zero-order valence-electron chi connectivity index (χ0n) is 11.4. The van der Waals surface area contributed by atoms with E-state index in [1.54, 1.807) is 0 Å². The van der Waals surface area contributed by atoms with E-state index in [2.05, 4.69) is 101 Å². The maximum Gasteiger partial charge on any atom is 0.0209 e. The molecule has 4 rings (SSSR count). The quantitative estimate of drug-likeness (QED) is 0.342. The van der Waals surface area contributed by atoms with Crippen molar-refractivity contribution in [1.29, 1.82) is 0 Å². The molecule has 1 heteroatoms. The zero-order valence-corrected chi connectivity index (χ0v) is 13.5. The average molecular weight is 380 g/mol. The molecule has 0 heterocycles. The smallest absolute Gasteiger partial charge is 0.0209 e. The minimum Gasteiger partial charge on any atom is -0.0616 e. The Kier molecular flexibility index (Phi) is 3.15. The summed E-state index contributed by atoms with van der Waals surface area (Å²) >= 11 is 2.41. The molecule has 0 aliphatic heterocycles. The van der Waals surface area contributed by atoms with Gasteiger partial charge in [-0.15, -0.1) is 0 Å². The van der Waals surface area contributed by atoms with Gasteiger partial charge >= 0.3 is 0 Å². The first-order valence-corrected chi connectivity index (χ1v) is 8.07. The highest BCUT2D eigenvalue weighted by Crippen LogP contribution is 2.32. The number of benzene rings is 4. The van der Waals surface area contributed by atoms with Crippen LogP contribution in [0.15, 0.2) is 78.9 Å². The third kappa shape index (κ3) is 2.22. The third-order valence-corrected chi connectivity index (χ3v) is 4.87. The van der Waals surface area contributed by atoms with Crippen LogP contribution in [0.3, 0.4) is 0 Å². The molecule has 0 unspecified atom stereocenters. The van der Waals surface area contributed by atoms with Crippen LogP contribution < -0.4 is 0 Å². The zero-order chi connectivity index (χ0) is 14.2. The lowest BCUT2D eigenvalue weighted by molar-refractivity contribution is 1.66. The molecular formula is C20H13I. The Morgan fingerprint density at radius 1 is 0.571 bits per heavy atom. The molecule has 0 radical (unpaired) electrons. The maximum atomic E-state index is 2.41. The topological polar surface area (TPSA) is 0 Å². The molecule has 0 atom stereocenters. The van der Waals surface area contributed by atoms with Gasteiger partial charge in [-0.3, -0.25) is 0 Å². The van der Waals surface area contributed by atoms with Gasteiger partial charge in [-0.25, -0.2) is 0 Å². The van der Waals surface area contributed by atoms with E-state index in [-0.39, 0.29) is 0 Å². The molecule has 0 N–H and O–H groups in total. The van der Waals surface area contributed by atoms with E-state index < -0.39 is 0 Å². The van der Waals surface area contributed by atoms with Crippen molar-refractivity contribution in [2.45, 2.75) is 0 Å². The summed E-state index contributed by atoms with van der Waals surface area (Å²) in [6, 6.07) is 28.3. The average Bonchev–Trinajstić information content (AvgIpc) is 2.55. The maximum absolute atomic E-state index is 2.41. The normalized spacial score (nSPS) is 11.1. The van der Waals surface area contributed by atoms with Crippen LogP contribution in [0, 0.1) is 3.57 Å². The Morgan fingerprint density at radius 3 is 2.14 bits per heavy atom. The molecule has 0 bridgehead atoms. The fourth-order valence-electron chi connectivity index (χ4n) is 2.87. The Balaban J connectivity index is 2.02. The lowest BCUT2D eigenvalue weighted by Gasteiger charge is -2.09. The summed E-state index contributed by atoms with van der Waals surface area (Å²) in [6.45, 7) is 0. The Bertz CT molecular complexity index is 954. The number of hydrogen-bond donors (Lipinski definition) is 0. The van der Waals surface area contributed by atoms with Crippen LogP contribution in [0.4, 0.5) is 0 Å². The number of rotatable bonds is 1. The second-order valence-electron chi connectivity index (χ2n) is 5.20. The van der Waals surface area contributed by atoms with Crippen LogP contribution in [0.5, 0.6) is 0 Å². The standard InChI is InChI=1S/C20H13I/c21-20-12-11-17(18-7-3-4-8-19(18)20)16-10-9-14-5-1-2-6-15(14)13-16/h1-13H. The third-order valence-electron chi connectivity index (χ3n) is 3.93. The Morgan fingerprint density at radius 2 is 1.29 bits per heavy atom. The minimum atomic E-state index is 1.28. The largest absolute Gasteiger partial charge is 0.0616 e. The second kappa shape index (κ2) is 5.15. The highest BCUT2D eigenvalue weighted by Gasteiger charge is 2.06. The van der Waals surface area contributed by atoms with Crippen molar-refractivity contribution in [2.24, 2.45) is 0 Å². The van der Waals surface area contributed by atoms with E-state index >= 15 is 0 Å². The van der Waals surface area contributed by atoms with Crippen LogP contribution in [-0.2, 0) is 0 Å². The van der Waals surface area contributed by atoms with Crippen molar-refractivity contribution in [3.05, 3.63) is 82.4 Å². The summed E-state index contributed by atoms with van der Waals surface area (Å²) < 4.78 is 1.30. The Hall–Kier alpha value is -1.87. The first-order valence-electron chi connectivity index (χ1n) is 6.99. The number of halogens is 1. The van der Waals surface area contributed by atoms with E-state index in [0.717, 1.165) is 0 Å². The van der Waals surface area contributed by atoms with E-state index in [1.807, 2.05) is 0 Å². The van der Waals surface area contributed by atoms with E-state index in [1.165, 1.54) is 36.2 Å². The molecule has 100 valence electrons. The van der Waals surface area contributed by atoms with E-state index in [4.69, 9.17) is 0 Å². The van der Waals surface area contributed by atoms with Gasteiger partial charge in [0.25, 0.3) is 0 Å². The van der Waals surface area contributed by atoms with Gasteiger partial charge in [0.2, 0.25) is 0 Å². The predicted octanol–water partition coefficient (Wildman–Crippen LogP) is 6.26. The number of hydrogen-bond acceptors (Lipinski definition) is 0. The Labute approximate surface area is 137 Å². The monoisotopic (exact) mass is 380 g/mol. The minimum absolute atomic E-state index is 1.28. The van der Waals surface area contributed by atoms with Crippen molar-refractivity contribution < 1.29 is 0 Å².